The molecule has 0 saturated carbocycles. The summed E-state index contributed by atoms with van der Waals surface area (Å²) in [5.41, 5.74) is 10.4. The first kappa shape index (κ1) is 38.5. The summed E-state index contributed by atoms with van der Waals surface area (Å²) in [5, 5.41) is 44.1. The van der Waals surface area contributed by atoms with E-state index in [9.17, 15) is 54.7 Å². The predicted molar refractivity (Wildman–Crippen MR) is 186 cm³/mol. The van der Waals surface area contributed by atoms with Gasteiger partial charge in [-0.1, -0.05) is 11.2 Å². The minimum Gasteiger partial charge on any atom is -0.488 e. The van der Waals surface area contributed by atoms with Gasteiger partial charge in [0.25, 0.3) is 0 Å². The van der Waals surface area contributed by atoms with Crippen molar-refractivity contribution in [1.29, 1.82) is 0 Å². The lowest BCUT2D eigenvalue weighted by molar-refractivity contribution is -0.138. The number of carboxylic acids is 4. The number of aliphatic carboxylic acids is 4. The molecule has 0 aliphatic carbocycles. The van der Waals surface area contributed by atoms with Gasteiger partial charge in [0.2, 0.25) is 11.7 Å². The predicted octanol–water partition coefficient (Wildman–Crippen LogP) is 4.28. The van der Waals surface area contributed by atoms with Gasteiger partial charge in [-0.15, -0.1) is 0 Å². The van der Waals surface area contributed by atoms with Crippen molar-refractivity contribution in [3.8, 4) is 11.5 Å². The fourth-order valence-electron chi connectivity index (χ4n) is 5.21. The average molecular weight is 733 g/mol. The van der Waals surface area contributed by atoms with Crippen molar-refractivity contribution in [3.05, 3.63) is 81.9 Å². The number of aryl methyl sites for hydroxylation is 1. The van der Waals surface area contributed by atoms with E-state index in [-0.39, 0.29) is 64.2 Å². The average Bonchev–Trinajstić information content (AvgIpc) is 3.42. The van der Waals surface area contributed by atoms with Crippen LogP contribution in [-0.2, 0) is 24.0 Å². The third-order valence-corrected chi connectivity index (χ3v) is 7.26. The highest BCUT2D eigenvalue weighted by Gasteiger charge is 2.26. The molecule has 0 aliphatic rings. The summed E-state index contributed by atoms with van der Waals surface area (Å²) in [6, 6.07) is 13.0. The van der Waals surface area contributed by atoms with Gasteiger partial charge in [0.1, 0.15) is 56.5 Å². The molecule has 0 spiro atoms. The number of ether oxygens (including phenoxy) is 2. The Balaban J connectivity index is 1.73. The van der Waals surface area contributed by atoms with Gasteiger partial charge >= 0.3 is 23.9 Å². The van der Waals surface area contributed by atoms with Crippen molar-refractivity contribution in [2.75, 3.05) is 54.5 Å². The maximum atomic E-state index is 13.6. The lowest BCUT2D eigenvalue weighted by Crippen LogP contribution is -2.35. The zero-order valence-electron chi connectivity index (χ0n) is 28.1. The molecule has 1 aromatic heterocycles. The second-order valence-corrected chi connectivity index (χ2v) is 11.3. The molecule has 53 heavy (non-hydrogen) atoms. The largest absolute Gasteiger partial charge is 0.488 e. The van der Waals surface area contributed by atoms with Crippen LogP contribution in [0, 0.1) is 6.92 Å². The van der Waals surface area contributed by atoms with Crippen molar-refractivity contribution < 1.29 is 63.1 Å². The molecule has 3 aromatic carbocycles. The number of rotatable bonds is 19. The number of benzene rings is 3. The SMILES string of the molecule is CC(=O)Nc1ccc(C(=O)c2oc3cc(N(CC(=O)O)CC(=O)O)c(OCCOc4cc(C)ccc4N(CC(=O)O)CC(=O)O)cc3c2N=[N+]=[N-])cc1. The van der Waals surface area contributed by atoms with Crippen molar-refractivity contribution in [2.45, 2.75) is 13.8 Å². The highest BCUT2D eigenvalue weighted by Crippen LogP contribution is 2.42. The van der Waals surface area contributed by atoms with Gasteiger partial charge < -0.3 is 49.4 Å². The second kappa shape index (κ2) is 17.1. The van der Waals surface area contributed by atoms with Gasteiger partial charge in [-0.3, -0.25) is 28.8 Å². The molecule has 19 nitrogen and oxygen atoms in total. The Hall–Kier alpha value is -7.27. The number of hydrogen-bond donors (Lipinski definition) is 5. The number of nitrogens with zero attached hydrogens (tertiary/aromatic N) is 5. The van der Waals surface area contributed by atoms with Crippen LogP contribution >= 0.6 is 0 Å². The van der Waals surface area contributed by atoms with Crippen LogP contribution in [0.5, 0.6) is 11.5 Å². The van der Waals surface area contributed by atoms with E-state index in [0.717, 1.165) is 9.80 Å². The summed E-state index contributed by atoms with van der Waals surface area (Å²) >= 11 is 0. The molecule has 1 amide bonds. The number of azide groups is 1. The molecule has 0 bridgehead atoms. The summed E-state index contributed by atoms with van der Waals surface area (Å²) < 4.78 is 17.7. The van der Waals surface area contributed by atoms with Crippen LogP contribution in [0.2, 0.25) is 0 Å². The number of carbonyl (C=O) groups excluding carboxylic acids is 2. The molecule has 276 valence electrons. The van der Waals surface area contributed by atoms with Crippen LogP contribution in [0.15, 0.2) is 64.1 Å². The minimum atomic E-state index is -1.38. The summed E-state index contributed by atoms with van der Waals surface area (Å²) in [5.74, 6) is -6.72. The fourth-order valence-corrected chi connectivity index (χ4v) is 5.21. The zero-order valence-corrected chi connectivity index (χ0v) is 28.1. The Kier molecular flexibility index (Phi) is 12.4. The summed E-state index contributed by atoms with van der Waals surface area (Å²) in [4.78, 5) is 76.2. The van der Waals surface area contributed by atoms with Crippen molar-refractivity contribution in [2.24, 2.45) is 5.11 Å². The summed E-state index contributed by atoms with van der Waals surface area (Å²) in [6.45, 7) is -0.327. The number of carbonyl (C=O) groups is 6. The van der Waals surface area contributed by atoms with Crippen LogP contribution < -0.4 is 24.6 Å². The maximum Gasteiger partial charge on any atom is 0.323 e. The minimum absolute atomic E-state index is 0.0604. The third kappa shape index (κ3) is 10.1. The first-order valence-corrected chi connectivity index (χ1v) is 15.5. The highest BCUT2D eigenvalue weighted by molar-refractivity contribution is 6.15. The summed E-state index contributed by atoms with van der Waals surface area (Å²) in [7, 11) is 0. The van der Waals surface area contributed by atoms with E-state index in [1.165, 1.54) is 49.4 Å². The van der Waals surface area contributed by atoms with Crippen LogP contribution in [-0.4, -0.2) is 95.4 Å². The fraction of sp³-hybridized carbons (Fsp3) is 0.235. The number of nitrogens with one attached hydrogen (secondary N) is 1. The normalized spacial score (nSPS) is 10.5. The third-order valence-electron chi connectivity index (χ3n) is 7.26. The van der Waals surface area contributed by atoms with Gasteiger partial charge in [0.05, 0.1) is 17.1 Å². The van der Waals surface area contributed by atoms with Crippen LogP contribution in [0.25, 0.3) is 21.4 Å². The molecule has 1 heterocycles. The molecule has 5 N–H and O–H groups in total. The Morgan fingerprint density at radius 2 is 1.30 bits per heavy atom. The van der Waals surface area contributed by atoms with Crippen LogP contribution in [0.3, 0.4) is 0 Å². The number of amides is 1. The Morgan fingerprint density at radius 1 is 0.774 bits per heavy atom. The second-order valence-electron chi connectivity index (χ2n) is 11.3. The summed E-state index contributed by atoms with van der Waals surface area (Å²) in [6.07, 6.45) is 0. The molecular weight excluding hydrogens is 700 g/mol. The monoisotopic (exact) mass is 732 g/mol. The Bertz CT molecular complexity index is 2090. The molecule has 0 aliphatic heterocycles. The number of fused-ring (bicyclic) bond motifs is 1. The zero-order chi connectivity index (χ0) is 38.8. The lowest BCUT2D eigenvalue weighted by Gasteiger charge is -2.25. The number of ketones is 1. The lowest BCUT2D eigenvalue weighted by atomic mass is 10.1. The van der Waals surface area contributed by atoms with Gasteiger partial charge in [-0.2, -0.15) is 0 Å². The Morgan fingerprint density at radius 3 is 1.81 bits per heavy atom. The molecule has 0 unspecified atom stereocenters. The number of hydrogen-bond acceptors (Lipinski definition) is 12. The van der Waals surface area contributed by atoms with Gasteiger partial charge in [-0.25, -0.2) is 0 Å². The molecular formula is C34H32N6O13. The molecule has 0 radical (unpaired) electrons. The molecule has 4 aromatic rings. The van der Waals surface area contributed by atoms with E-state index in [1.807, 2.05) is 0 Å². The van der Waals surface area contributed by atoms with E-state index >= 15 is 0 Å². The van der Waals surface area contributed by atoms with E-state index in [2.05, 4.69) is 15.3 Å². The molecule has 0 atom stereocenters. The number of furan rings is 1. The topological polar surface area (TPSA) is 282 Å². The number of anilines is 3. The van der Waals surface area contributed by atoms with E-state index in [4.69, 9.17) is 13.9 Å². The standard InChI is InChI=1S/C34H32N6O13/c1-18-3-8-23(39(14-28(42)43)15-29(44)45)26(11-18)51-9-10-52-27-12-22-25(13-24(27)40(16-30(46)47)17-31(48)49)53-34(32(22)37-38-35)33(50)20-4-6-21(7-5-20)36-19(2)41/h3-8,11-13H,9-10,14-17H2,1-2H3,(H,36,41)(H,42,43)(H,44,45)(H,46,47)(H,48,49). The van der Waals surface area contributed by atoms with E-state index in [1.54, 1.807) is 19.1 Å². The van der Waals surface area contributed by atoms with Gasteiger partial charge in [0, 0.05) is 34.5 Å². The molecule has 0 fully saturated rings. The van der Waals surface area contributed by atoms with Gasteiger partial charge in [-0.05, 0) is 60.5 Å². The number of carboxylic acid groups (broad SMARTS) is 4. The smallest absolute Gasteiger partial charge is 0.323 e. The van der Waals surface area contributed by atoms with E-state index < -0.39 is 61.6 Å². The molecule has 0 saturated heterocycles. The van der Waals surface area contributed by atoms with Crippen molar-refractivity contribution in [3.63, 3.8) is 0 Å². The van der Waals surface area contributed by atoms with Gasteiger partial charge in [0.15, 0.2) is 5.76 Å². The molecule has 19 heteroatoms. The Labute approximate surface area is 299 Å². The van der Waals surface area contributed by atoms with Crippen LogP contribution in [0.1, 0.15) is 28.6 Å². The first-order valence-electron chi connectivity index (χ1n) is 15.5. The van der Waals surface area contributed by atoms with Crippen molar-refractivity contribution in [1.82, 2.24) is 0 Å². The first-order chi connectivity index (χ1) is 25.2. The highest BCUT2D eigenvalue weighted by atomic mass is 16.5. The molecule has 4 rings (SSSR count). The van der Waals surface area contributed by atoms with Crippen molar-refractivity contribution >= 4 is 69.3 Å². The maximum absolute atomic E-state index is 13.6. The quantitative estimate of drug-likeness (QED) is 0.0296. The van der Waals surface area contributed by atoms with Crippen LogP contribution in [0.4, 0.5) is 22.7 Å². The van der Waals surface area contributed by atoms with E-state index in [0.29, 0.717) is 11.3 Å².